The van der Waals surface area contributed by atoms with Gasteiger partial charge in [-0.1, -0.05) is 26.2 Å². The van der Waals surface area contributed by atoms with Gasteiger partial charge in [0, 0.05) is 24.5 Å². The van der Waals surface area contributed by atoms with Gasteiger partial charge in [-0.25, -0.2) is 4.79 Å². The number of hydrogen-bond acceptors (Lipinski definition) is 2. The summed E-state index contributed by atoms with van der Waals surface area (Å²) in [5.41, 5.74) is 0.0366. The number of carbonyl (C=O) groups is 2. The molecule has 5 nitrogen and oxygen atoms in total. The minimum absolute atomic E-state index is 0.0316. The van der Waals surface area contributed by atoms with Gasteiger partial charge in [-0.2, -0.15) is 0 Å². The number of urea groups is 1. The molecule has 4 rings (SSSR count). The van der Waals surface area contributed by atoms with Crippen molar-refractivity contribution < 1.29 is 9.59 Å². The first-order chi connectivity index (χ1) is 12.5. The number of rotatable bonds is 9. The second-order valence-corrected chi connectivity index (χ2v) is 9.29. The summed E-state index contributed by atoms with van der Waals surface area (Å²) in [6.07, 6.45) is 12.5. The molecule has 0 aromatic rings. The fraction of sp³-hybridized carbons (Fsp3) is 0.905. The molecule has 0 aliphatic heterocycles. The molecule has 4 aliphatic carbocycles. The Morgan fingerprint density at radius 3 is 2.23 bits per heavy atom. The second kappa shape index (κ2) is 8.62. The van der Waals surface area contributed by atoms with Crippen molar-refractivity contribution in [1.29, 1.82) is 0 Å². The minimum atomic E-state index is -0.0873. The SMILES string of the molecule is CCCCCC(C)NC(=O)CCNC(=O)NC12CC3CC(CC(C3)C1)C2. The number of amides is 3. The third-order valence-corrected chi connectivity index (χ3v) is 6.70. The van der Waals surface area contributed by atoms with Gasteiger partial charge in [0.05, 0.1) is 0 Å². The highest BCUT2D eigenvalue weighted by Crippen LogP contribution is 2.55. The fourth-order valence-corrected chi connectivity index (χ4v) is 5.96. The zero-order valence-corrected chi connectivity index (χ0v) is 16.6. The van der Waals surface area contributed by atoms with Crippen LogP contribution in [0.4, 0.5) is 4.79 Å². The third-order valence-electron chi connectivity index (χ3n) is 6.70. The minimum Gasteiger partial charge on any atom is -0.354 e. The summed E-state index contributed by atoms with van der Waals surface area (Å²) >= 11 is 0. The molecule has 3 amide bonds. The normalized spacial score (nSPS) is 32.9. The van der Waals surface area contributed by atoms with Gasteiger partial charge in [-0.3, -0.25) is 4.79 Å². The molecular weight excluding hydrogens is 326 g/mol. The van der Waals surface area contributed by atoms with E-state index in [9.17, 15) is 9.59 Å². The van der Waals surface area contributed by atoms with Crippen LogP contribution in [-0.4, -0.2) is 30.1 Å². The van der Waals surface area contributed by atoms with Crippen LogP contribution in [0.25, 0.3) is 0 Å². The van der Waals surface area contributed by atoms with E-state index in [0.29, 0.717) is 13.0 Å². The quantitative estimate of drug-likeness (QED) is 0.546. The molecule has 0 aromatic carbocycles. The Balaban J connectivity index is 1.33. The van der Waals surface area contributed by atoms with Gasteiger partial charge in [0.2, 0.25) is 5.91 Å². The van der Waals surface area contributed by atoms with Crippen molar-refractivity contribution in [3.05, 3.63) is 0 Å². The Labute approximate surface area is 158 Å². The van der Waals surface area contributed by atoms with Gasteiger partial charge in [-0.05, 0) is 69.6 Å². The van der Waals surface area contributed by atoms with Crippen molar-refractivity contribution in [3.63, 3.8) is 0 Å². The van der Waals surface area contributed by atoms with Crippen molar-refractivity contribution in [1.82, 2.24) is 16.0 Å². The lowest BCUT2D eigenvalue weighted by Gasteiger charge is -2.56. The maximum atomic E-state index is 12.4. The average Bonchev–Trinajstić information content (AvgIpc) is 2.53. The van der Waals surface area contributed by atoms with Crippen molar-refractivity contribution >= 4 is 11.9 Å². The highest BCUT2D eigenvalue weighted by Gasteiger charge is 2.51. The number of nitrogens with one attached hydrogen (secondary N) is 3. The Morgan fingerprint density at radius 1 is 1.04 bits per heavy atom. The van der Waals surface area contributed by atoms with Crippen LogP contribution < -0.4 is 16.0 Å². The van der Waals surface area contributed by atoms with Crippen molar-refractivity contribution in [3.8, 4) is 0 Å². The van der Waals surface area contributed by atoms with Gasteiger partial charge in [0.15, 0.2) is 0 Å². The van der Waals surface area contributed by atoms with E-state index in [1.165, 1.54) is 32.1 Å². The Bertz CT molecular complexity index is 470. The van der Waals surface area contributed by atoms with Crippen LogP contribution >= 0.6 is 0 Å². The first-order valence-electron chi connectivity index (χ1n) is 10.8. The summed E-state index contributed by atoms with van der Waals surface area (Å²) in [5, 5.41) is 9.22. The smallest absolute Gasteiger partial charge is 0.315 e. The molecule has 4 aliphatic rings. The molecule has 4 fully saturated rings. The van der Waals surface area contributed by atoms with E-state index < -0.39 is 0 Å². The monoisotopic (exact) mass is 363 g/mol. The molecular formula is C21H37N3O2. The number of unbranched alkanes of at least 4 members (excludes halogenated alkanes) is 2. The van der Waals surface area contributed by atoms with E-state index in [4.69, 9.17) is 0 Å². The summed E-state index contributed by atoms with van der Waals surface area (Å²) < 4.78 is 0. The molecule has 0 aromatic heterocycles. The third kappa shape index (κ3) is 5.14. The van der Waals surface area contributed by atoms with Crippen molar-refractivity contribution in [2.24, 2.45) is 17.8 Å². The first-order valence-corrected chi connectivity index (χ1v) is 10.8. The molecule has 1 atom stereocenters. The molecule has 1 unspecified atom stereocenters. The lowest BCUT2D eigenvalue weighted by molar-refractivity contribution is -0.121. The van der Waals surface area contributed by atoms with E-state index in [1.807, 2.05) is 0 Å². The zero-order valence-electron chi connectivity index (χ0n) is 16.6. The second-order valence-electron chi connectivity index (χ2n) is 9.29. The standard InChI is InChI=1S/C21H37N3O2/c1-3-4-5-6-15(2)23-19(25)7-8-22-20(26)24-21-12-16-9-17(13-21)11-18(10-16)14-21/h15-18H,3-14H2,1-2H3,(H,23,25)(H2,22,24,26). The topological polar surface area (TPSA) is 70.2 Å². The highest BCUT2D eigenvalue weighted by atomic mass is 16.2. The van der Waals surface area contributed by atoms with Gasteiger partial charge in [-0.15, -0.1) is 0 Å². The van der Waals surface area contributed by atoms with Crippen LogP contribution in [0.1, 0.15) is 84.5 Å². The van der Waals surface area contributed by atoms with Gasteiger partial charge in [0.25, 0.3) is 0 Å². The predicted octanol–water partition coefficient (Wildman–Crippen LogP) is 3.73. The summed E-state index contributed by atoms with van der Waals surface area (Å²) in [4.78, 5) is 24.3. The van der Waals surface area contributed by atoms with Crippen LogP contribution in [0.2, 0.25) is 0 Å². The highest BCUT2D eigenvalue weighted by molar-refractivity contribution is 5.78. The van der Waals surface area contributed by atoms with Gasteiger partial charge >= 0.3 is 6.03 Å². The predicted molar refractivity (Wildman–Crippen MR) is 104 cm³/mol. The zero-order chi connectivity index (χ0) is 18.6. The van der Waals surface area contributed by atoms with E-state index in [1.54, 1.807) is 0 Å². The van der Waals surface area contributed by atoms with Crippen molar-refractivity contribution in [2.75, 3.05) is 6.54 Å². The Morgan fingerprint density at radius 2 is 1.65 bits per heavy atom. The molecule has 0 heterocycles. The largest absolute Gasteiger partial charge is 0.354 e. The van der Waals surface area contributed by atoms with E-state index in [-0.39, 0.29) is 23.5 Å². The van der Waals surface area contributed by atoms with Crippen LogP contribution in [-0.2, 0) is 4.79 Å². The summed E-state index contributed by atoms with van der Waals surface area (Å²) in [6.45, 7) is 4.65. The lowest BCUT2D eigenvalue weighted by atomic mass is 9.53. The molecule has 5 heteroatoms. The summed E-state index contributed by atoms with van der Waals surface area (Å²) in [7, 11) is 0. The molecule has 4 saturated carbocycles. The molecule has 0 radical (unpaired) electrons. The summed E-state index contributed by atoms with van der Waals surface area (Å²) in [5.74, 6) is 2.49. The lowest BCUT2D eigenvalue weighted by Crippen LogP contribution is -2.61. The van der Waals surface area contributed by atoms with Crippen LogP contribution in [0.5, 0.6) is 0 Å². The molecule has 0 saturated heterocycles. The van der Waals surface area contributed by atoms with E-state index in [2.05, 4.69) is 29.8 Å². The van der Waals surface area contributed by atoms with Crippen molar-refractivity contribution in [2.45, 2.75) is 96.1 Å². The molecule has 4 bridgehead atoms. The number of carbonyl (C=O) groups excluding carboxylic acids is 2. The maximum Gasteiger partial charge on any atom is 0.315 e. The van der Waals surface area contributed by atoms with E-state index in [0.717, 1.165) is 49.9 Å². The molecule has 148 valence electrons. The summed E-state index contributed by atoms with van der Waals surface area (Å²) in [6, 6.07) is 0.130. The Kier molecular flexibility index (Phi) is 6.46. The molecule has 26 heavy (non-hydrogen) atoms. The number of hydrogen-bond donors (Lipinski definition) is 3. The maximum absolute atomic E-state index is 12.4. The van der Waals surface area contributed by atoms with Gasteiger partial charge in [0.1, 0.15) is 0 Å². The van der Waals surface area contributed by atoms with Crippen LogP contribution in [0.3, 0.4) is 0 Å². The Hall–Kier alpha value is -1.26. The van der Waals surface area contributed by atoms with Crippen LogP contribution in [0.15, 0.2) is 0 Å². The van der Waals surface area contributed by atoms with Crippen LogP contribution in [0, 0.1) is 17.8 Å². The average molecular weight is 364 g/mol. The fourth-order valence-electron chi connectivity index (χ4n) is 5.96. The molecule has 3 N–H and O–H groups in total. The van der Waals surface area contributed by atoms with E-state index >= 15 is 0 Å². The van der Waals surface area contributed by atoms with Gasteiger partial charge < -0.3 is 16.0 Å². The first kappa shape index (κ1) is 19.5. The molecule has 0 spiro atoms.